The molecule has 3 nitrogen and oxygen atoms in total. The van der Waals surface area contributed by atoms with Crippen molar-refractivity contribution in [2.45, 2.75) is 25.4 Å². The molecule has 0 bridgehead atoms. The van der Waals surface area contributed by atoms with Crippen LogP contribution >= 0.6 is 0 Å². The minimum atomic E-state index is -4.35. The maximum Gasteiger partial charge on any atom is 0.416 e. The Morgan fingerprint density at radius 3 is 2.74 bits per heavy atom. The summed E-state index contributed by atoms with van der Waals surface area (Å²) in [6.07, 6.45) is -0.145. The number of rotatable bonds is 4. The van der Waals surface area contributed by atoms with Crippen LogP contribution in [0.5, 0.6) is 0 Å². The topological polar surface area (TPSA) is 45.1 Å². The second-order valence-electron chi connectivity index (χ2n) is 4.94. The van der Waals surface area contributed by atoms with Gasteiger partial charge < -0.3 is 10.4 Å². The average molecular weight is 274 g/mol. The summed E-state index contributed by atoms with van der Waals surface area (Å²) in [5.41, 5.74) is -0.699. The molecular weight excluding hydrogens is 257 g/mol. The van der Waals surface area contributed by atoms with Gasteiger partial charge >= 0.3 is 6.18 Å². The van der Waals surface area contributed by atoms with Gasteiger partial charge in [-0.25, -0.2) is 4.98 Å². The number of aliphatic hydroxyl groups excluding tert-OH is 1. The van der Waals surface area contributed by atoms with Crippen LogP contribution in [0.2, 0.25) is 0 Å². The highest BCUT2D eigenvalue weighted by molar-refractivity contribution is 5.38. The number of nitrogens with zero attached hydrogens (tertiary/aromatic N) is 1. The van der Waals surface area contributed by atoms with E-state index in [1.54, 1.807) is 0 Å². The van der Waals surface area contributed by atoms with E-state index in [0.717, 1.165) is 37.6 Å². The standard InChI is InChI=1S/C13H17F3N2O/c14-13(15,16)11-4-5-17-12(6-11)18-7-9-2-1-3-10(9)8-19/h4-6,9-10,19H,1-3,7-8H2,(H,17,18). The van der Waals surface area contributed by atoms with Crippen molar-refractivity contribution in [3.63, 3.8) is 0 Å². The van der Waals surface area contributed by atoms with E-state index < -0.39 is 11.7 Å². The van der Waals surface area contributed by atoms with E-state index in [2.05, 4.69) is 10.3 Å². The van der Waals surface area contributed by atoms with Crippen LogP contribution in [-0.2, 0) is 6.18 Å². The Morgan fingerprint density at radius 1 is 1.32 bits per heavy atom. The van der Waals surface area contributed by atoms with Gasteiger partial charge in [-0.3, -0.25) is 0 Å². The fourth-order valence-electron chi connectivity index (χ4n) is 2.56. The molecule has 1 fully saturated rings. The summed E-state index contributed by atoms with van der Waals surface area (Å²) in [4.78, 5) is 3.89. The molecule has 0 spiro atoms. The van der Waals surface area contributed by atoms with Crippen LogP contribution in [-0.4, -0.2) is 23.2 Å². The number of anilines is 1. The lowest BCUT2D eigenvalue weighted by molar-refractivity contribution is -0.137. The highest BCUT2D eigenvalue weighted by atomic mass is 19.4. The zero-order valence-electron chi connectivity index (χ0n) is 10.5. The SMILES string of the molecule is OCC1CCCC1CNc1cc(C(F)(F)F)ccn1. The Balaban J connectivity index is 1.96. The summed E-state index contributed by atoms with van der Waals surface area (Å²) in [5.74, 6) is 0.790. The maximum atomic E-state index is 12.5. The zero-order chi connectivity index (χ0) is 13.9. The van der Waals surface area contributed by atoms with Gasteiger partial charge in [-0.15, -0.1) is 0 Å². The number of halogens is 3. The Hall–Kier alpha value is -1.30. The second-order valence-corrected chi connectivity index (χ2v) is 4.94. The van der Waals surface area contributed by atoms with Gasteiger partial charge in [0.05, 0.1) is 5.56 Å². The molecule has 0 radical (unpaired) electrons. The molecule has 2 N–H and O–H groups in total. The van der Waals surface area contributed by atoms with Gasteiger partial charge in [-0.05, 0) is 36.8 Å². The van der Waals surface area contributed by atoms with Crippen LogP contribution < -0.4 is 5.32 Å². The van der Waals surface area contributed by atoms with E-state index in [-0.39, 0.29) is 18.3 Å². The molecule has 1 aliphatic carbocycles. The van der Waals surface area contributed by atoms with Crippen molar-refractivity contribution < 1.29 is 18.3 Å². The molecule has 1 aromatic rings. The van der Waals surface area contributed by atoms with Crippen molar-refractivity contribution in [2.24, 2.45) is 11.8 Å². The number of aromatic nitrogens is 1. The Kier molecular flexibility index (Phi) is 4.29. The summed E-state index contributed by atoms with van der Waals surface area (Å²) >= 11 is 0. The Bertz CT molecular complexity index is 423. The Morgan fingerprint density at radius 2 is 2.05 bits per heavy atom. The molecule has 6 heteroatoms. The fourth-order valence-corrected chi connectivity index (χ4v) is 2.56. The van der Waals surface area contributed by atoms with E-state index in [0.29, 0.717) is 12.5 Å². The summed E-state index contributed by atoms with van der Waals surface area (Å²) < 4.78 is 37.6. The van der Waals surface area contributed by atoms with Crippen LogP contribution in [0.15, 0.2) is 18.3 Å². The van der Waals surface area contributed by atoms with Crippen molar-refractivity contribution >= 4 is 5.82 Å². The van der Waals surface area contributed by atoms with E-state index in [1.807, 2.05) is 0 Å². The minimum absolute atomic E-state index is 0.141. The third kappa shape index (κ3) is 3.59. The van der Waals surface area contributed by atoms with Crippen LogP contribution in [0.3, 0.4) is 0 Å². The van der Waals surface area contributed by atoms with Gasteiger partial charge in [-0.2, -0.15) is 13.2 Å². The van der Waals surface area contributed by atoms with Gasteiger partial charge in [0.1, 0.15) is 5.82 Å². The molecule has 1 saturated carbocycles. The number of alkyl halides is 3. The van der Waals surface area contributed by atoms with Gasteiger partial charge in [0.25, 0.3) is 0 Å². The number of aliphatic hydroxyl groups is 1. The molecule has 1 aliphatic rings. The highest BCUT2D eigenvalue weighted by Gasteiger charge is 2.31. The van der Waals surface area contributed by atoms with E-state index >= 15 is 0 Å². The fraction of sp³-hybridized carbons (Fsp3) is 0.615. The van der Waals surface area contributed by atoms with Crippen molar-refractivity contribution in [2.75, 3.05) is 18.5 Å². The van der Waals surface area contributed by atoms with Gasteiger partial charge in [0.15, 0.2) is 0 Å². The van der Waals surface area contributed by atoms with Gasteiger partial charge in [-0.1, -0.05) is 6.42 Å². The van der Waals surface area contributed by atoms with Crippen LogP contribution in [0.1, 0.15) is 24.8 Å². The number of hydrogen-bond donors (Lipinski definition) is 2. The Labute approximate surface area is 109 Å². The number of pyridine rings is 1. The van der Waals surface area contributed by atoms with Gasteiger partial charge in [0.2, 0.25) is 0 Å². The van der Waals surface area contributed by atoms with Crippen LogP contribution in [0, 0.1) is 11.8 Å². The quantitative estimate of drug-likeness (QED) is 0.887. The van der Waals surface area contributed by atoms with Crippen molar-refractivity contribution in [1.82, 2.24) is 4.98 Å². The predicted molar refractivity (Wildman–Crippen MR) is 65.6 cm³/mol. The first-order chi connectivity index (χ1) is 9.00. The lowest BCUT2D eigenvalue weighted by atomic mass is 9.97. The second kappa shape index (κ2) is 5.77. The monoisotopic (exact) mass is 274 g/mol. The summed E-state index contributed by atoms with van der Waals surface area (Å²) in [7, 11) is 0. The normalized spacial score (nSPS) is 23.6. The lowest BCUT2D eigenvalue weighted by Crippen LogP contribution is -2.21. The largest absolute Gasteiger partial charge is 0.416 e. The summed E-state index contributed by atoms with van der Waals surface area (Å²) in [6.45, 7) is 0.696. The first kappa shape index (κ1) is 14.1. The molecule has 0 amide bonds. The third-order valence-corrected chi connectivity index (χ3v) is 3.68. The van der Waals surface area contributed by atoms with E-state index in [9.17, 15) is 18.3 Å². The third-order valence-electron chi connectivity index (χ3n) is 3.68. The molecule has 1 heterocycles. The zero-order valence-corrected chi connectivity index (χ0v) is 10.5. The molecule has 0 saturated heterocycles. The number of hydrogen-bond acceptors (Lipinski definition) is 3. The molecule has 19 heavy (non-hydrogen) atoms. The molecule has 2 rings (SSSR count). The first-order valence-electron chi connectivity index (χ1n) is 6.38. The lowest BCUT2D eigenvalue weighted by Gasteiger charge is -2.18. The summed E-state index contributed by atoms with van der Waals surface area (Å²) in [5, 5.41) is 12.1. The molecule has 0 aromatic carbocycles. The van der Waals surface area contributed by atoms with Crippen molar-refractivity contribution in [3.8, 4) is 0 Å². The summed E-state index contributed by atoms with van der Waals surface area (Å²) in [6, 6.07) is 1.97. The minimum Gasteiger partial charge on any atom is -0.396 e. The highest BCUT2D eigenvalue weighted by Crippen LogP contribution is 2.32. The predicted octanol–water partition coefficient (Wildman–Crippen LogP) is 2.92. The molecule has 2 atom stereocenters. The first-order valence-corrected chi connectivity index (χ1v) is 6.38. The molecule has 1 aromatic heterocycles. The smallest absolute Gasteiger partial charge is 0.396 e. The van der Waals surface area contributed by atoms with Crippen molar-refractivity contribution in [3.05, 3.63) is 23.9 Å². The van der Waals surface area contributed by atoms with E-state index in [1.165, 1.54) is 0 Å². The molecule has 0 aliphatic heterocycles. The van der Waals surface area contributed by atoms with Crippen LogP contribution in [0.4, 0.5) is 19.0 Å². The average Bonchev–Trinajstić information content (AvgIpc) is 2.83. The van der Waals surface area contributed by atoms with Crippen molar-refractivity contribution in [1.29, 1.82) is 0 Å². The van der Waals surface area contributed by atoms with E-state index in [4.69, 9.17) is 0 Å². The van der Waals surface area contributed by atoms with Gasteiger partial charge in [0, 0.05) is 19.3 Å². The molecule has 2 unspecified atom stereocenters. The maximum absolute atomic E-state index is 12.5. The molecular formula is C13H17F3N2O. The van der Waals surface area contributed by atoms with Crippen LogP contribution in [0.25, 0.3) is 0 Å². The molecule has 106 valence electrons. The number of nitrogens with one attached hydrogen (secondary N) is 1.